The average molecular weight is 351 g/mol. The Morgan fingerprint density at radius 3 is 2.73 bits per heavy atom. The zero-order valence-corrected chi connectivity index (χ0v) is 14.3. The molecule has 0 fully saturated rings. The summed E-state index contributed by atoms with van der Waals surface area (Å²) in [6, 6.07) is 10.9. The van der Waals surface area contributed by atoms with Gasteiger partial charge < -0.3 is 14.0 Å². The van der Waals surface area contributed by atoms with Gasteiger partial charge in [-0.05, 0) is 42.8 Å². The number of nitrogens with zero attached hydrogens (tertiary/aromatic N) is 3. The van der Waals surface area contributed by atoms with Gasteiger partial charge >= 0.3 is 5.97 Å². The van der Waals surface area contributed by atoms with Crippen molar-refractivity contribution in [1.29, 1.82) is 0 Å². The van der Waals surface area contributed by atoms with E-state index in [4.69, 9.17) is 14.0 Å². The molecule has 2 heterocycles. The molecule has 26 heavy (non-hydrogen) atoms. The van der Waals surface area contributed by atoms with Crippen molar-refractivity contribution in [2.75, 3.05) is 7.11 Å². The first-order valence-corrected chi connectivity index (χ1v) is 7.92. The number of carbonyl (C=O) groups is 1. The number of methoxy groups -OCH3 is 1. The molecule has 0 radical (unpaired) electrons. The molecule has 2 aromatic heterocycles. The number of aromatic nitrogens is 3. The van der Waals surface area contributed by atoms with E-state index in [0.717, 1.165) is 16.9 Å². The van der Waals surface area contributed by atoms with Crippen LogP contribution in [0, 0.1) is 0 Å². The van der Waals surface area contributed by atoms with E-state index in [2.05, 4.69) is 15.1 Å². The largest absolute Gasteiger partial charge is 0.497 e. The lowest BCUT2D eigenvalue weighted by atomic mass is 10.2. The van der Waals surface area contributed by atoms with Gasteiger partial charge in [-0.2, -0.15) is 4.98 Å². The van der Waals surface area contributed by atoms with E-state index in [1.54, 1.807) is 38.6 Å². The molecule has 0 spiro atoms. The summed E-state index contributed by atoms with van der Waals surface area (Å²) in [5.74, 6) is 0.855. The van der Waals surface area contributed by atoms with Crippen molar-refractivity contribution in [1.82, 2.24) is 15.1 Å². The van der Waals surface area contributed by atoms with Crippen molar-refractivity contribution >= 4 is 12.0 Å². The predicted octanol–water partition coefficient (Wildman–Crippen LogP) is 3.46. The molecule has 0 saturated carbocycles. The summed E-state index contributed by atoms with van der Waals surface area (Å²) in [6.07, 6.45) is 5.62. The van der Waals surface area contributed by atoms with Crippen molar-refractivity contribution in [3.05, 3.63) is 66.3 Å². The molecule has 0 N–H and O–H groups in total. The van der Waals surface area contributed by atoms with E-state index in [0.29, 0.717) is 5.82 Å². The first kappa shape index (κ1) is 17.3. The molecule has 1 unspecified atom stereocenters. The van der Waals surface area contributed by atoms with Gasteiger partial charge in [0.25, 0.3) is 5.89 Å². The van der Waals surface area contributed by atoms with Crippen LogP contribution in [0.2, 0.25) is 0 Å². The van der Waals surface area contributed by atoms with Crippen LogP contribution in [0.4, 0.5) is 0 Å². The number of esters is 1. The van der Waals surface area contributed by atoms with Crippen LogP contribution in [0.1, 0.15) is 24.5 Å². The Morgan fingerprint density at radius 1 is 1.23 bits per heavy atom. The Kier molecular flexibility index (Phi) is 5.38. The molecule has 0 aliphatic carbocycles. The Bertz CT molecular complexity index is 889. The van der Waals surface area contributed by atoms with Gasteiger partial charge in [0.15, 0.2) is 6.10 Å². The number of benzene rings is 1. The second-order valence-electron chi connectivity index (χ2n) is 5.38. The molecule has 0 saturated heterocycles. The van der Waals surface area contributed by atoms with Crippen molar-refractivity contribution in [2.45, 2.75) is 13.0 Å². The summed E-state index contributed by atoms with van der Waals surface area (Å²) in [6.45, 7) is 1.67. The lowest BCUT2D eigenvalue weighted by Gasteiger charge is -2.06. The molecule has 0 amide bonds. The molecule has 7 heteroatoms. The van der Waals surface area contributed by atoms with E-state index in [1.807, 2.05) is 30.3 Å². The predicted molar refractivity (Wildman–Crippen MR) is 94.1 cm³/mol. The number of pyridine rings is 1. The first-order chi connectivity index (χ1) is 12.7. The Balaban J connectivity index is 1.60. The molecule has 0 aliphatic rings. The van der Waals surface area contributed by atoms with Crippen LogP contribution in [0.5, 0.6) is 5.75 Å². The standard InChI is InChI=1S/C19H17N3O4/c1-13(19-21-18(22-26-19)15-4-3-11-20-12-15)25-17(23)10-7-14-5-8-16(24-2)9-6-14/h3-13H,1-2H3/b10-7+. The van der Waals surface area contributed by atoms with Gasteiger partial charge in [-0.25, -0.2) is 4.79 Å². The highest BCUT2D eigenvalue weighted by atomic mass is 16.6. The minimum absolute atomic E-state index is 0.218. The zero-order valence-electron chi connectivity index (χ0n) is 14.3. The number of hydrogen-bond donors (Lipinski definition) is 0. The molecular formula is C19H17N3O4. The third-order valence-corrected chi connectivity index (χ3v) is 3.53. The monoisotopic (exact) mass is 351 g/mol. The van der Waals surface area contributed by atoms with E-state index in [9.17, 15) is 4.79 Å². The van der Waals surface area contributed by atoms with Gasteiger partial charge in [0.2, 0.25) is 5.82 Å². The fourth-order valence-electron chi connectivity index (χ4n) is 2.16. The first-order valence-electron chi connectivity index (χ1n) is 7.92. The number of ether oxygens (including phenoxy) is 2. The molecule has 132 valence electrons. The highest BCUT2D eigenvalue weighted by molar-refractivity contribution is 5.87. The Morgan fingerprint density at radius 2 is 2.04 bits per heavy atom. The fourth-order valence-corrected chi connectivity index (χ4v) is 2.16. The summed E-state index contributed by atoms with van der Waals surface area (Å²) >= 11 is 0. The lowest BCUT2D eigenvalue weighted by molar-refractivity contribution is -0.143. The van der Waals surface area contributed by atoms with Gasteiger partial charge in [0, 0.05) is 24.0 Å². The van der Waals surface area contributed by atoms with Crippen molar-refractivity contribution in [3.63, 3.8) is 0 Å². The molecule has 0 bridgehead atoms. The topological polar surface area (TPSA) is 87.3 Å². The minimum atomic E-state index is -0.666. The second-order valence-corrected chi connectivity index (χ2v) is 5.38. The summed E-state index contributed by atoms with van der Waals surface area (Å²) < 4.78 is 15.5. The van der Waals surface area contributed by atoms with Crippen LogP contribution in [0.3, 0.4) is 0 Å². The average Bonchev–Trinajstić information content (AvgIpc) is 3.18. The molecule has 0 aliphatic heterocycles. The van der Waals surface area contributed by atoms with Gasteiger partial charge in [-0.15, -0.1) is 0 Å². The molecule has 7 nitrogen and oxygen atoms in total. The van der Waals surface area contributed by atoms with Crippen molar-refractivity contribution in [2.24, 2.45) is 0 Å². The normalized spacial score (nSPS) is 12.1. The molecular weight excluding hydrogens is 334 g/mol. The van der Waals surface area contributed by atoms with Gasteiger partial charge in [-0.3, -0.25) is 4.98 Å². The third-order valence-electron chi connectivity index (χ3n) is 3.53. The fraction of sp³-hybridized carbons (Fsp3) is 0.158. The summed E-state index contributed by atoms with van der Waals surface area (Å²) in [5, 5.41) is 3.88. The number of rotatable bonds is 6. The smallest absolute Gasteiger partial charge is 0.331 e. The highest BCUT2D eigenvalue weighted by Gasteiger charge is 2.18. The third kappa shape index (κ3) is 4.32. The maximum absolute atomic E-state index is 12.0. The van der Waals surface area contributed by atoms with E-state index in [-0.39, 0.29) is 5.89 Å². The van der Waals surface area contributed by atoms with E-state index >= 15 is 0 Å². The second kappa shape index (κ2) is 8.06. The van der Waals surface area contributed by atoms with Gasteiger partial charge in [-0.1, -0.05) is 17.3 Å². The van der Waals surface area contributed by atoms with Gasteiger partial charge in [0.05, 0.1) is 7.11 Å². The quantitative estimate of drug-likeness (QED) is 0.496. The number of hydrogen-bond acceptors (Lipinski definition) is 7. The molecule has 3 rings (SSSR count). The maximum Gasteiger partial charge on any atom is 0.331 e. The van der Waals surface area contributed by atoms with Crippen LogP contribution < -0.4 is 4.74 Å². The lowest BCUT2D eigenvalue weighted by Crippen LogP contribution is -2.06. The van der Waals surface area contributed by atoms with E-state index < -0.39 is 12.1 Å². The Hall–Kier alpha value is -3.48. The molecule has 3 aromatic rings. The molecule has 1 aromatic carbocycles. The van der Waals surface area contributed by atoms with Gasteiger partial charge in [0.1, 0.15) is 5.75 Å². The zero-order chi connectivity index (χ0) is 18.4. The maximum atomic E-state index is 12.0. The minimum Gasteiger partial charge on any atom is -0.497 e. The number of carbonyl (C=O) groups excluding carboxylic acids is 1. The van der Waals surface area contributed by atoms with Crippen LogP contribution in [-0.2, 0) is 9.53 Å². The summed E-state index contributed by atoms with van der Waals surface area (Å²) in [4.78, 5) is 20.2. The highest BCUT2D eigenvalue weighted by Crippen LogP contribution is 2.20. The van der Waals surface area contributed by atoms with Crippen LogP contribution in [0.25, 0.3) is 17.5 Å². The van der Waals surface area contributed by atoms with E-state index in [1.165, 1.54) is 6.08 Å². The Labute approximate surface area is 150 Å². The SMILES string of the molecule is COc1ccc(/C=C/C(=O)OC(C)c2nc(-c3cccnc3)no2)cc1. The summed E-state index contributed by atoms with van der Waals surface area (Å²) in [5.41, 5.74) is 1.58. The molecule has 1 atom stereocenters. The van der Waals surface area contributed by atoms with Crippen LogP contribution >= 0.6 is 0 Å². The summed E-state index contributed by atoms with van der Waals surface area (Å²) in [7, 11) is 1.60. The van der Waals surface area contributed by atoms with Crippen LogP contribution in [0.15, 0.2) is 59.4 Å². The van der Waals surface area contributed by atoms with Crippen molar-refractivity contribution in [3.8, 4) is 17.1 Å². The van der Waals surface area contributed by atoms with Crippen molar-refractivity contribution < 1.29 is 18.8 Å². The van der Waals surface area contributed by atoms with Crippen LogP contribution in [-0.4, -0.2) is 28.2 Å².